The highest BCUT2D eigenvalue weighted by Crippen LogP contribution is 2.37. The summed E-state index contributed by atoms with van der Waals surface area (Å²) in [5.41, 5.74) is 3.09. The Bertz CT molecular complexity index is 992. The lowest BCUT2D eigenvalue weighted by atomic mass is 10.1. The molecule has 0 aromatic heterocycles. The van der Waals surface area contributed by atoms with E-state index in [9.17, 15) is 4.79 Å². The maximum Gasteiger partial charge on any atom is 0.147 e. The quantitative estimate of drug-likeness (QED) is 0.517. The van der Waals surface area contributed by atoms with Crippen molar-refractivity contribution in [1.82, 2.24) is 4.90 Å². The van der Waals surface area contributed by atoms with Gasteiger partial charge in [0.25, 0.3) is 0 Å². The van der Waals surface area contributed by atoms with Gasteiger partial charge in [0.1, 0.15) is 12.3 Å². The maximum absolute atomic E-state index is 12.2. The number of thioether (sulfide) groups is 1. The molecule has 164 valence electrons. The maximum atomic E-state index is 12.2. The van der Waals surface area contributed by atoms with E-state index in [4.69, 9.17) is 34.8 Å². The number of hydrogen-bond donors (Lipinski definition) is 0. The van der Waals surface area contributed by atoms with Crippen molar-refractivity contribution < 1.29 is 4.79 Å². The molecule has 4 rings (SSSR count). The minimum atomic E-state index is -0.369. The summed E-state index contributed by atoms with van der Waals surface area (Å²) in [7, 11) is 2.14. The SMILES string of the molecule is CN1CCN(c2cc(Cl)ccc2C=C2SCCN(c3ccc(Cl)c(Cl)c3)C2C=O)CC1. The van der Waals surface area contributed by atoms with Crippen molar-refractivity contribution in [3.63, 3.8) is 0 Å². The minimum absolute atomic E-state index is 0.369. The van der Waals surface area contributed by atoms with Crippen molar-refractivity contribution in [2.75, 3.05) is 55.3 Å². The Hall–Kier alpha value is -1.37. The molecule has 2 heterocycles. The Kier molecular flexibility index (Phi) is 7.40. The molecule has 4 nitrogen and oxygen atoms in total. The molecule has 2 saturated heterocycles. The first-order valence-electron chi connectivity index (χ1n) is 10.2. The normalized spacial score (nSPS) is 21.5. The van der Waals surface area contributed by atoms with Crippen molar-refractivity contribution in [3.8, 4) is 0 Å². The summed E-state index contributed by atoms with van der Waals surface area (Å²) in [5, 5.41) is 1.72. The standard InChI is InChI=1S/C23H24Cl3N3OS/c1-27-6-8-28(9-7-27)21-13-17(24)3-2-16(21)12-23-22(15-30)29(10-11-31-23)18-4-5-19(25)20(26)14-18/h2-5,12-15,22H,6-11H2,1H3. The molecule has 0 bridgehead atoms. The average molecular weight is 497 g/mol. The topological polar surface area (TPSA) is 26.8 Å². The van der Waals surface area contributed by atoms with Crippen LogP contribution in [0, 0.1) is 0 Å². The first kappa shape index (κ1) is 22.8. The molecule has 0 aliphatic carbocycles. The largest absolute Gasteiger partial charge is 0.368 e. The second kappa shape index (κ2) is 10.1. The number of anilines is 2. The Labute approximate surface area is 202 Å². The number of carbonyl (C=O) groups is 1. The van der Waals surface area contributed by atoms with E-state index in [1.54, 1.807) is 17.8 Å². The number of benzene rings is 2. The molecule has 2 aliphatic rings. The van der Waals surface area contributed by atoms with E-state index in [0.717, 1.165) is 71.6 Å². The van der Waals surface area contributed by atoms with Gasteiger partial charge in [0, 0.05) is 59.8 Å². The molecule has 2 aliphatic heterocycles. The lowest BCUT2D eigenvalue weighted by molar-refractivity contribution is -0.108. The van der Waals surface area contributed by atoms with Gasteiger partial charge in [0.2, 0.25) is 0 Å². The van der Waals surface area contributed by atoms with E-state index in [1.807, 2.05) is 30.3 Å². The number of halogens is 3. The lowest BCUT2D eigenvalue weighted by Gasteiger charge is -2.37. The Morgan fingerprint density at radius 1 is 0.968 bits per heavy atom. The van der Waals surface area contributed by atoms with E-state index >= 15 is 0 Å². The summed E-state index contributed by atoms with van der Waals surface area (Å²) in [5.74, 6) is 0.883. The van der Waals surface area contributed by atoms with Gasteiger partial charge in [-0.15, -0.1) is 11.8 Å². The third-order valence-corrected chi connectivity index (χ3v) is 7.78. The smallest absolute Gasteiger partial charge is 0.147 e. The summed E-state index contributed by atoms with van der Waals surface area (Å²) >= 11 is 20.4. The zero-order valence-corrected chi connectivity index (χ0v) is 20.3. The van der Waals surface area contributed by atoms with Crippen LogP contribution in [0.5, 0.6) is 0 Å². The van der Waals surface area contributed by atoms with Gasteiger partial charge in [-0.05, 0) is 49.0 Å². The van der Waals surface area contributed by atoms with Crippen LogP contribution in [0.1, 0.15) is 5.56 Å². The summed E-state index contributed by atoms with van der Waals surface area (Å²) < 4.78 is 0. The van der Waals surface area contributed by atoms with Crippen molar-refractivity contribution in [2.24, 2.45) is 0 Å². The van der Waals surface area contributed by atoms with Crippen LogP contribution in [0.2, 0.25) is 15.1 Å². The van der Waals surface area contributed by atoms with Gasteiger partial charge >= 0.3 is 0 Å². The van der Waals surface area contributed by atoms with Crippen LogP contribution in [0.4, 0.5) is 11.4 Å². The predicted molar refractivity (Wildman–Crippen MR) is 135 cm³/mol. The molecule has 0 spiro atoms. The monoisotopic (exact) mass is 495 g/mol. The molecule has 2 fully saturated rings. The molecule has 2 aromatic carbocycles. The van der Waals surface area contributed by atoms with E-state index in [1.165, 1.54) is 0 Å². The summed E-state index contributed by atoms with van der Waals surface area (Å²) in [6.07, 6.45) is 3.14. The van der Waals surface area contributed by atoms with Gasteiger partial charge in [-0.25, -0.2) is 0 Å². The number of carbonyl (C=O) groups excluding carboxylic acids is 1. The molecule has 0 amide bonds. The Morgan fingerprint density at radius 3 is 2.45 bits per heavy atom. The number of rotatable bonds is 4. The second-order valence-corrected chi connectivity index (χ2v) is 10.2. The zero-order chi connectivity index (χ0) is 22.0. The highest BCUT2D eigenvalue weighted by atomic mass is 35.5. The van der Waals surface area contributed by atoms with Crippen molar-refractivity contribution >= 4 is 70.3 Å². The third kappa shape index (κ3) is 5.18. The Balaban J connectivity index is 1.67. The van der Waals surface area contributed by atoms with E-state index in [-0.39, 0.29) is 6.04 Å². The number of nitrogens with zero attached hydrogens (tertiary/aromatic N) is 3. The molecule has 0 saturated carbocycles. The summed E-state index contributed by atoms with van der Waals surface area (Å²) in [6.45, 7) is 4.69. The van der Waals surface area contributed by atoms with Crippen LogP contribution < -0.4 is 9.80 Å². The molecule has 31 heavy (non-hydrogen) atoms. The average Bonchev–Trinajstić information content (AvgIpc) is 2.77. The van der Waals surface area contributed by atoms with E-state index in [0.29, 0.717) is 10.0 Å². The fraction of sp³-hybridized carbons (Fsp3) is 0.348. The summed E-state index contributed by atoms with van der Waals surface area (Å²) in [6, 6.07) is 11.1. The number of hydrogen-bond acceptors (Lipinski definition) is 5. The van der Waals surface area contributed by atoms with Gasteiger partial charge in [-0.2, -0.15) is 0 Å². The zero-order valence-electron chi connectivity index (χ0n) is 17.2. The predicted octanol–water partition coefficient (Wildman–Crippen LogP) is 5.56. The fourth-order valence-corrected chi connectivity index (χ4v) is 5.52. The van der Waals surface area contributed by atoms with Crippen molar-refractivity contribution in [2.45, 2.75) is 6.04 Å². The molecule has 8 heteroatoms. The van der Waals surface area contributed by atoms with Crippen LogP contribution >= 0.6 is 46.6 Å². The van der Waals surface area contributed by atoms with Crippen LogP contribution in [-0.2, 0) is 4.79 Å². The first-order valence-corrected chi connectivity index (χ1v) is 12.3. The summed E-state index contributed by atoms with van der Waals surface area (Å²) in [4.78, 5) is 20.0. The molecule has 0 N–H and O–H groups in total. The molecule has 1 unspecified atom stereocenters. The molecular weight excluding hydrogens is 473 g/mol. The van der Waals surface area contributed by atoms with Crippen LogP contribution in [0.25, 0.3) is 6.08 Å². The third-order valence-electron chi connectivity index (χ3n) is 5.73. The van der Waals surface area contributed by atoms with Gasteiger partial charge in [0.05, 0.1) is 10.0 Å². The highest BCUT2D eigenvalue weighted by molar-refractivity contribution is 8.03. The second-order valence-electron chi connectivity index (χ2n) is 7.76. The van der Waals surface area contributed by atoms with Gasteiger partial charge in [0.15, 0.2) is 0 Å². The van der Waals surface area contributed by atoms with Crippen molar-refractivity contribution in [3.05, 3.63) is 61.9 Å². The lowest BCUT2D eigenvalue weighted by Crippen LogP contribution is -2.44. The minimum Gasteiger partial charge on any atom is -0.368 e. The molecule has 1 atom stereocenters. The molecule has 0 radical (unpaired) electrons. The molecular formula is C23H24Cl3N3OS. The van der Waals surface area contributed by atoms with Crippen LogP contribution in [-0.4, -0.2) is 62.8 Å². The number of likely N-dealkylation sites (N-methyl/N-ethyl adjacent to an activating group) is 1. The Morgan fingerprint density at radius 2 is 1.74 bits per heavy atom. The number of piperazine rings is 1. The van der Waals surface area contributed by atoms with Crippen molar-refractivity contribution in [1.29, 1.82) is 0 Å². The highest BCUT2D eigenvalue weighted by Gasteiger charge is 2.28. The van der Waals surface area contributed by atoms with Gasteiger partial charge in [-0.3, -0.25) is 0 Å². The van der Waals surface area contributed by atoms with E-state index in [2.05, 4.69) is 27.8 Å². The van der Waals surface area contributed by atoms with Gasteiger partial charge < -0.3 is 19.5 Å². The molecule has 2 aromatic rings. The van der Waals surface area contributed by atoms with Gasteiger partial charge in [-0.1, -0.05) is 40.9 Å². The fourth-order valence-electron chi connectivity index (χ4n) is 3.97. The number of aldehydes is 1. The van der Waals surface area contributed by atoms with Crippen LogP contribution in [0.3, 0.4) is 0 Å². The van der Waals surface area contributed by atoms with Crippen LogP contribution in [0.15, 0.2) is 41.3 Å². The van der Waals surface area contributed by atoms with E-state index < -0.39 is 0 Å². The first-order chi connectivity index (χ1) is 15.0.